The standard InChI is InChI=1S/C15H22N6S/c1-3-16-15(17-9-12-11(2)6-8-22-12)18-10-14-20-19-13-5-4-7-21(13)14/h6,8H,3-5,7,9-10H2,1-2H3,(H2,16,17,18). The van der Waals surface area contributed by atoms with Gasteiger partial charge in [-0.25, -0.2) is 4.99 Å². The van der Waals surface area contributed by atoms with Crippen LogP contribution in [0.25, 0.3) is 0 Å². The fourth-order valence-electron chi connectivity index (χ4n) is 2.57. The number of thiophene rings is 1. The van der Waals surface area contributed by atoms with Crippen molar-refractivity contribution in [2.75, 3.05) is 6.54 Å². The Hall–Kier alpha value is -1.89. The average molecular weight is 318 g/mol. The van der Waals surface area contributed by atoms with Crippen LogP contribution >= 0.6 is 11.3 Å². The Labute approximate surface area is 134 Å². The first-order chi connectivity index (χ1) is 10.8. The molecule has 1 aliphatic rings. The summed E-state index contributed by atoms with van der Waals surface area (Å²) in [6.07, 6.45) is 2.20. The van der Waals surface area contributed by atoms with Crippen molar-refractivity contribution in [1.82, 2.24) is 25.4 Å². The van der Waals surface area contributed by atoms with E-state index in [1.54, 1.807) is 11.3 Å². The largest absolute Gasteiger partial charge is 0.357 e. The molecule has 0 amide bonds. The van der Waals surface area contributed by atoms with E-state index in [-0.39, 0.29) is 0 Å². The van der Waals surface area contributed by atoms with E-state index in [0.29, 0.717) is 6.54 Å². The average Bonchev–Trinajstić information content (AvgIpc) is 3.20. The number of rotatable bonds is 5. The molecular formula is C15H22N6S. The molecule has 3 heterocycles. The lowest BCUT2D eigenvalue weighted by atomic mass is 10.3. The van der Waals surface area contributed by atoms with E-state index in [1.165, 1.54) is 10.4 Å². The van der Waals surface area contributed by atoms with E-state index in [0.717, 1.165) is 50.1 Å². The predicted molar refractivity (Wildman–Crippen MR) is 89.1 cm³/mol. The van der Waals surface area contributed by atoms with E-state index in [9.17, 15) is 0 Å². The molecule has 2 aromatic rings. The Bertz CT molecular complexity index is 657. The summed E-state index contributed by atoms with van der Waals surface area (Å²) < 4.78 is 2.19. The quantitative estimate of drug-likeness (QED) is 0.652. The van der Waals surface area contributed by atoms with Crippen molar-refractivity contribution in [2.45, 2.75) is 46.3 Å². The summed E-state index contributed by atoms with van der Waals surface area (Å²) in [5, 5.41) is 17.3. The molecule has 0 fully saturated rings. The Morgan fingerprint density at radius 2 is 2.32 bits per heavy atom. The summed E-state index contributed by atoms with van der Waals surface area (Å²) in [4.78, 5) is 5.98. The lowest BCUT2D eigenvalue weighted by Gasteiger charge is -2.11. The van der Waals surface area contributed by atoms with Gasteiger partial charge in [-0.15, -0.1) is 21.5 Å². The van der Waals surface area contributed by atoms with E-state index in [2.05, 4.69) is 55.7 Å². The van der Waals surface area contributed by atoms with Crippen LogP contribution in [0.1, 0.15) is 35.4 Å². The van der Waals surface area contributed by atoms with Gasteiger partial charge in [0.2, 0.25) is 0 Å². The van der Waals surface area contributed by atoms with Gasteiger partial charge in [0.05, 0.1) is 6.54 Å². The van der Waals surface area contributed by atoms with Gasteiger partial charge in [0, 0.05) is 24.4 Å². The lowest BCUT2D eigenvalue weighted by Crippen LogP contribution is -2.36. The van der Waals surface area contributed by atoms with Gasteiger partial charge in [0.15, 0.2) is 11.8 Å². The highest BCUT2D eigenvalue weighted by Gasteiger charge is 2.16. The van der Waals surface area contributed by atoms with Crippen molar-refractivity contribution in [1.29, 1.82) is 0 Å². The molecule has 118 valence electrons. The summed E-state index contributed by atoms with van der Waals surface area (Å²) in [5.74, 6) is 2.88. The molecule has 22 heavy (non-hydrogen) atoms. The summed E-state index contributed by atoms with van der Waals surface area (Å²) in [6, 6.07) is 2.14. The Morgan fingerprint density at radius 1 is 1.41 bits per heavy atom. The van der Waals surface area contributed by atoms with Gasteiger partial charge in [-0.2, -0.15) is 0 Å². The normalized spacial score (nSPS) is 14.2. The van der Waals surface area contributed by atoms with Crippen molar-refractivity contribution in [3.8, 4) is 0 Å². The van der Waals surface area contributed by atoms with Gasteiger partial charge in [0.1, 0.15) is 12.4 Å². The number of hydrogen-bond donors (Lipinski definition) is 2. The van der Waals surface area contributed by atoms with Gasteiger partial charge in [-0.1, -0.05) is 0 Å². The van der Waals surface area contributed by atoms with Crippen LogP contribution < -0.4 is 10.6 Å². The summed E-state index contributed by atoms with van der Waals surface area (Å²) >= 11 is 1.77. The number of nitrogens with one attached hydrogen (secondary N) is 2. The first-order valence-electron chi connectivity index (χ1n) is 7.74. The maximum atomic E-state index is 4.64. The third-order valence-corrected chi connectivity index (χ3v) is 4.82. The molecule has 0 saturated carbocycles. The molecule has 3 rings (SSSR count). The first-order valence-corrected chi connectivity index (χ1v) is 8.62. The molecule has 0 bridgehead atoms. The van der Waals surface area contributed by atoms with Crippen molar-refractivity contribution in [2.24, 2.45) is 4.99 Å². The topological polar surface area (TPSA) is 67.1 Å². The summed E-state index contributed by atoms with van der Waals surface area (Å²) in [5.41, 5.74) is 1.32. The van der Waals surface area contributed by atoms with Gasteiger partial charge in [-0.3, -0.25) is 0 Å². The number of aromatic nitrogens is 3. The molecule has 0 radical (unpaired) electrons. The molecule has 7 heteroatoms. The van der Waals surface area contributed by atoms with Crippen LogP contribution in [0.5, 0.6) is 0 Å². The third-order valence-electron chi connectivity index (χ3n) is 3.79. The third kappa shape index (κ3) is 3.30. The van der Waals surface area contributed by atoms with Crippen LogP contribution in [0.4, 0.5) is 0 Å². The van der Waals surface area contributed by atoms with Crippen molar-refractivity contribution in [3.63, 3.8) is 0 Å². The van der Waals surface area contributed by atoms with Crippen LogP contribution in [0.2, 0.25) is 0 Å². The fraction of sp³-hybridized carbons (Fsp3) is 0.533. The van der Waals surface area contributed by atoms with E-state index >= 15 is 0 Å². The minimum Gasteiger partial charge on any atom is -0.357 e. The molecule has 2 N–H and O–H groups in total. The van der Waals surface area contributed by atoms with Crippen LogP contribution in [0, 0.1) is 6.92 Å². The molecule has 6 nitrogen and oxygen atoms in total. The highest BCUT2D eigenvalue weighted by molar-refractivity contribution is 7.10. The first kappa shape index (κ1) is 15.0. The molecule has 1 aliphatic heterocycles. The SMILES string of the molecule is CCNC(=NCc1nnc2n1CCC2)NCc1sccc1C. The van der Waals surface area contributed by atoms with Crippen LogP contribution in [-0.4, -0.2) is 27.3 Å². The number of aryl methyl sites for hydroxylation is 2. The Balaban J connectivity index is 1.63. The number of hydrogen-bond acceptors (Lipinski definition) is 4. The smallest absolute Gasteiger partial charge is 0.191 e. The van der Waals surface area contributed by atoms with Crippen molar-refractivity contribution < 1.29 is 0 Å². The lowest BCUT2D eigenvalue weighted by molar-refractivity contribution is 0.684. The van der Waals surface area contributed by atoms with E-state index < -0.39 is 0 Å². The molecule has 0 unspecified atom stereocenters. The number of fused-ring (bicyclic) bond motifs is 1. The second kappa shape index (κ2) is 6.91. The minimum absolute atomic E-state index is 0.561. The zero-order valence-electron chi connectivity index (χ0n) is 13.1. The van der Waals surface area contributed by atoms with Gasteiger partial charge < -0.3 is 15.2 Å². The van der Waals surface area contributed by atoms with Gasteiger partial charge in [-0.05, 0) is 37.3 Å². The molecule has 0 aromatic carbocycles. The van der Waals surface area contributed by atoms with Crippen molar-refractivity contribution in [3.05, 3.63) is 33.5 Å². The molecule has 0 aliphatic carbocycles. The monoisotopic (exact) mass is 318 g/mol. The molecule has 2 aromatic heterocycles. The van der Waals surface area contributed by atoms with E-state index in [1.807, 2.05) is 0 Å². The Morgan fingerprint density at radius 3 is 3.09 bits per heavy atom. The molecule has 0 saturated heterocycles. The van der Waals surface area contributed by atoms with Crippen molar-refractivity contribution >= 4 is 17.3 Å². The highest BCUT2D eigenvalue weighted by atomic mass is 32.1. The zero-order valence-corrected chi connectivity index (χ0v) is 13.9. The van der Waals surface area contributed by atoms with Crippen LogP contribution in [-0.2, 0) is 26.1 Å². The predicted octanol–water partition coefficient (Wildman–Crippen LogP) is 1.85. The van der Waals surface area contributed by atoms with E-state index in [4.69, 9.17) is 0 Å². The summed E-state index contributed by atoms with van der Waals surface area (Å²) in [6.45, 7) is 7.43. The second-order valence-electron chi connectivity index (χ2n) is 5.36. The van der Waals surface area contributed by atoms with Gasteiger partial charge >= 0.3 is 0 Å². The maximum Gasteiger partial charge on any atom is 0.191 e. The van der Waals surface area contributed by atoms with Gasteiger partial charge in [0.25, 0.3) is 0 Å². The number of aliphatic imine (C=N–C) groups is 1. The minimum atomic E-state index is 0.561. The second-order valence-corrected chi connectivity index (χ2v) is 6.36. The highest BCUT2D eigenvalue weighted by Crippen LogP contribution is 2.15. The van der Waals surface area contributed by atoms with Crippen LogP contribution in [0.3, 0.4) is 0 Å². The molecule has 0 spiro atoms. The fourth-order valence-corrected chi connectivity index (χ4v) is 3.41. The summed E-state index contributed by atoms with van der Waals surface area (Å²) in [7, 11) is 0. The van der Waals surface area contributed by atoms with Crippen LogP contribution in [0.15, 0.2) is 16.4 Å². The number of nitrogens with zero attached hydrogens (tertiary/aromatic N) is 4. The molecule has 0 atom stereocenters. The zero-order chi connectivity index (χ0) is 15.4. The Kier molecular flexibility index (Phi) is 4.72. The number of guanidine groups is 1. The maximum absolute atomic E-state index is 4.64. The molecular weight excluding hydrogens is 296 g/mol.